The van der Waals surface area contributed by atoms with E-state index in [4.69, 9.17) is 0 Å². The molecular formula is C14H12N2O3. The first-order valence-electron chi connectivity index (χ1n) is 5.73. The van der Waals surface area contributed by atoms with Crippen LogP contribution in [-0.2, 0) is 9.59 Å². The van der Waals surface area contributed by atoms with Crippen molar-refractivity contribution in [2.45, 2.75) is 13.8 Å². The molecule has 1 aliphatic heterocycles. The third-order valence-corrected chi connectivity index (χ3v) is 2.73. The molecule has 0 aromatic heterocycles. The first-order valence-corrected chi connectivity index (χ1v) is 5.73. The summed E-state index contributed by atoms with van der Waals surface area (Å²) in [5, 5.41) is 5.04. The number of ketones is 1. The minimum absolute atomic E-state index is 0.169. The Kier molecular flexibility index (Phi) is 3.34. The molecule has 0 unspecified atom stereocenters. The monoisotopic (exact) mass is 256 g/mol. The summed E-state index contributed by atoms with van der Waals surface area (Å²) in [6, 6.07) is 3.48. The summed E-state index contributed by atoms with van der Waals surface area (Å²) in [7, 11) is 0. The topological polar surface area (TPSA) is 75.3 Å². The van der Waals surface area contributed by atoms with Gasteiger partial charge in [-0.05, 0) is 18.6 Å². The van der Waals surface area contributed by atoms with E-state index in [-0.39, 0.29) is 12.5 Å². The maximum atomic E-state index is 11.8. The van der Waals surface area contributed by atoms with Crippen LogP contribution in [0.5, 0.6) is 0 Å². The number of nitrogens with one attached hydrogen (secondary N) is 2. The molecule has 0 fully saturated rings. The molecule has 5 nitrogen and oxygen atoms in total. The van der Waals surface area contributed by atoms with Crippen LogP contribution in [0.1, 0.15) is 28.4 Å². The van der Waals surface area contributed by atoms with Gasteiger partial charge in [0.25, 0.3) is 11.7 Å². The Morgan fingerprint density at radius 2 is 2.11 bits per heavy atom. The normalized spacial score (nSPS) is 12.3. The standard InChI is InChI=1S/C14H12N2O3/c1-8-5-6-11-12(13(18)14(19)16-11)10(8)4-3-7-15-9(2)17/h5-6H,7H2,1-2H3,(H,15,17)(H,16,18,19). The number of hydrogen-bond donors (Lipinski definition) is 2. The lowest BCUT2D eigenvalue weighted by Crippen LogP contribution is -2.19. The minimum Gasteiger partial charge on any atom is -0.345 e. The van der Waals surface area contributed by atoms with Crippen molar-refractivity contribution < 1.29 is 14.4 Å². The summed E-state index contributed by atoms with van der Waals surface area (Å²) in [4.78, 5) is 33.8. The first-order chi connectivity index (χ1) is 9.00. The van der Waals surface area contributed by atoms with Gasteiger partial charge in [0.15, 0.2) is 0 Å². The fourth-order valence-corrected chi connectivity index (χ4v) is 1.80. The zero-order valence-electron chi connectivity index (χ0n) is 10.6. The van der Waals surface area contributed by atoms with Crippen molar-refractivity contribution >= 4 is 23.3 Å². The number of carbonyl (C=O) groups excluding carboxylic acids is 3. The van der Waals surface area contributed by atoms with Gasteiger partial charge in [-0.25, -0.2) is 0 Å². The van der Waals surface area contributed by atoms with Crippen molar-refractivity contribution in [1.82, 2.24) is 5.32 Å². The Bertz CT molecular complexity index is 651. The molecule has 0 bridgehead atoms. The maximum Gasteiger partial charge on any atom is 0.296 e. The lowest BCUT2D eigenvalue weighted by atomic mass is 9.99. The number of benzene rings is 1. The Hall–Kier alpha value is -2.61. The predicted octanol–water partition coefficient (Wildman–Crippen LogP) is 0.617. The maximum absolute atomic E-state index is 11.8. The van der Waals surface area contributed by atoms with Gasteiger partial charge in [-0.2, -0.15) is 0 Å². The van der Waals surface area contributed by atoms with Crippen LogP contribution in [0, 0.1) is 18.8 Å². The molecule has 1 aromatic rings. The van der Waals surface area contributed by atoms with E-state index < -0.39 is 11.7 Å². The molecule has 5 heteroatoms. The highest BCUT2D eigenvalue weighted by Crippen LogP contribution is 2.28. The highest BCUT2D eigenvalue weighted by atomic mass is 16.2. The van der Waals surface area contributed by atoms with E-state index in [1.54, 1.807) is 12.1 Å². The van der Waals surface area contributed by atoms with E-state index >= 15 is 0 Å². The molecule has 2 amide bonds. The highest BCUT2D eigenvalue weighted by molar-refractivity contribution is 6.52. The molecule has 1 aromatic carbocycles. The summed E-state index contributed by atoms with van der Waals surface area (Å²) in [6.07, 6.45) is 0. The van der Waals surface area contributed by atoms with Gasteiger partial charge in [0.1, 0.15) is 0 Å². The van der Waals surface area contributed by atoms with Crippen LogP contribution in [0.15, 0.2) is 12.1 Å². The molecule has 0 radical (unpaired) electrons. The zero-order valence-corrected chi connectivity index (χ0v) is 10.6. The summed E-state index contributed by atoms with van der Waals surface area (Å²) in [6.45, 7) is 3.42. The SMILES string of the molecule is CC(=O)NCC#Cc1c(C)ccc2c1C(=O)C(=O)N2. The minimum atomic E-state index is -0.634. The molecule has 19 heavy (non-hydrogen) atoms. The average Bonchev–Trinajstić information content (AvgIpc) is 2.63. The summed E-state index contributed by atoms with van der Waals surface area (Å²) in [5.41, 5.74) is 2.16. The number of hydrogen-bond acceptors (Lipinski definition) is 3. The fourth-order valence-electron chi connectivity index (χ4n) is 1.80. The smallest absolute Gasteiger partial charge is 0.296 e. The van der Waals surface area contributed by atoms with Crippen LogP contribution in [0.25, 0.3) is 0 Å². The lowest BCUT2D eigenvalue weighted by molar-refractivity contribution is -0.118. The second-order valence-electron chi connectivity index (χ2n) is 4.17. The number of aryl methyl sites for hydroxylation is 1. The van der Waals surface area contributed by atoms with Gasteiger partial charge in [0.2, 0.25) is 5.91 Å². The van der Waals surface area contributed by atoms with Gasteiger partial charge < -0.3 is 10.6 Å². The third kappa shape index (κ3) is 2.47. The van der Waals surface area contributed by atoms with Crippen molar-refractivity contribution in [3.63, 3.8) is 0 Å². The van der Waals surface area contributed by atoms with Gasteiger partial charge in [-0.1, -0.05) is 17.9 Å². The fraction of sp³-hybridized carbons (Fsp3) is 0.214. The molecular weight excluding hydrogens is 244 g/mol. The van der Waals surface area contributed by atoms with Gasteiger partial charge in [-0.15, -0.1) is 0 Å². The molecule has 1 heterocycles. The quantitative estimate of drug-likeness (QED) is 0.571. The molecule has 0 saturated carbocycles. The third-order valence-electron chi connectivity index (χ3n) is 2.73. The Labute approximate surface area is 110 Å². The van der Waals surface area contributed by atoms with Crippen LogP contribution in [0.3, 0.4) is 0 Å². The van der Waals surface area contributed by atoms with E-state index in [0.29, 0.717) is 16.8 Å². The van der Waals surface area contributed by atoms with Crippen molar-refractivity contribution in [3.05, 3.63) is 28.8 Å². The number of rotatable bonds is 1. The Balaban J connectivity index is 2.36. The number of fused-ring (bicyclic) bond motifs is 1. The van der Waals surface area contributed by atoms with Gasteiger partial charge in [0.05, 0.1) is 17.8 Å². The molecule has 2 N–H and O–H groups in total. The van der Waals surface area contributed by atoms with Crippen molar-refractivity contribution in [2.24, 2.45) is 0 Å². The molecule has 2 rings (SSSR count). The highest BCUT2D eigenvalue weighted by Gasteiger charge is 2.30. The molecule has 0 saturated heterocycles. The zero-order chi connectivity index (χ0) is 14.0. The first kappa shape index (κ1) is 12.8. The summed E-state index contributed by atoms with van der Waals surface area (Å²) in [5.74, 6) is 4.24. The van der Waals surface area contributed by atoms with Gasteiger partial charge >= 0.3 is 0 Å². The largest absolute Gasteiger partial charge is 0.345 e. The number of amides is 2. The van der Waals surface area contributed by atoms with E-state index in [0.717, 1.165) is 5.56 Å². The molecule has 0 atom stereocenters. The summed E-state index contributed by atoms with van der Waals surface area (Å²) >= 11 is 0. The molecule has 96 valence electrons. The average molecular weight is 256 g/mol. The Morgan fingerprint density at radius 1 is 1.37 bits per heavy atom. The van der Waals surface area contributed by atoms with Gasteiger partial charge in [0, 0.05) is 12.5 Å². The van der Waals surface area contributed by atoms with Crippen LogP contribution in [0.4, 0.5) is 5.69 Å². The van der Waals surface area contributed by atoms with Crippen LogP contribution in [0.2, 0.25) is 0 Å². The van der Waals surface area contributed by atoms with Crippen molar-refractivity contribution in [1.29, 1.82) is 0 Å². The van der Waals surface area contributed by atoms with Crippen molar-refractivity contribution in [3.8, 4) is 11.8 Å². The second-order valence-corrected chi connectivity index (χ2v) is 4.17. The second kappa shape index (κ2) is 4.94. The number of carbonyl (C=O) groups is 3. The van der Waals surface area contributed by atoms with E-state index in [9.17, 15) is 14.4 Å². The molecule has 0 aliphatic carbocycles. The van der Waals surface area contributed by atoms with Crippen molar-refractivity contribution in [2.75, 3.05) is 11.9 Å². The number of anilines is 1. The lowest BCUT2D eigenvalue weighted by Gasteiger charge is -2.03. The Morgan fingerprint density at radius 3 is 2.79 bits per heavy atom. The van der Waals surface area contributed by atoms with Crippen LogP contribution in [-0.4, -0.2) is 24.1 Å². The number of Topliss-reactive ketones (excluding diaryl/α,β-unsaturated/α-hetero) is 1. The van der Waals surface area contributed by atoms with E-state index in [1.165, 1.54) is 6.92 Å². The molecule has 0 spiro atoms. The van der Waals surface area contributed by atoms with E-state index in [2.05, 4.69) is 22.5 Å². The predicted molar refractivity (Wildman–Crippen MR) is 69.7 cm³/mol. The van der Waals surface area contributed by atoms with Crippen LogP contribution >= 0.6 is 0 Å². The van der Waals surface area contributed by atoms with Crippen LogP contribution < -0.4 is 10.6 Å². The summed E-state index contributed by atoms with van der Waals surface area (Å²) < 4.78 is 0. The molecule has 1 aliphatic rings. The van der Waals surface area contributed by atoms with Gasteiger partial charge in [-0.3, -0.25) is 14.4 Å². The van der Waals surface area contributed by atoms with E-state index in [1.807, 2.05) is 6.92 Å².